The van der Waals surface area contributed by atoms with Crippen molar-refractivity contribution in [2.75, 3.05) is 19.3 Å². The van der Waals surface area contributed by atoms with Gasteiger partial charge in [-0.25, -0.2) is 13.4 Å². The summed E-state index contributed by atoms with van der Waals surface area (Å²) in [4.78, 5) is 5.01. The number of guanidine groups is 1. The molecule has 0 aliphatic carbocycles. The molecule has 3 aromatic rings. The molecule has 7 heteroatoms. The maximum absolute atomic E-state index is 11.8. The first kappa shape index (κ1) is 25.1. The van der Waals surface area contributed by atoms with Crippen molar-refractivity contribution in [2.45, 2.75) is 31.7 Å². The van der Waals surface area contributed by atoms with E-state index in [-0.39, 0.29) is 24.0 Å². The highest BCUT2D eigenvalue weighted by atomic mass is 127. The lowest BCUT2D eigenvalue weighted by Gasteiger charge is -2.12. The van der Waals surface area contributed by atoms with E-state index in [1.54, 1.807) is 6.07 Å². The van der Waals surface area contributed by atoms with Crippen LogP contribution in [0.3, 0.4) is 0 Å². The van der Waals surface area contributed by atoms with E-state index >= 15 is 0 Å². The zero-order valence-electron chi connectivity index (χ0n) is 18.2. The Labute approximate surface area is 202 Å². The van der Waals surface area contributed by atoms with Gasteiger partial charge in [0.2, 0.25) is 0 Å². The molecule has 5 nitrogen and oxygen atoms in total. The van der Waals surface area contributed by atoms with Crippen molar-refractivity contribution in [3.05, 3.63) is 77.4 Å². The number of fused-ring (bicyclic) bond motifs is 1. The third-order valence-corrected chi connectivity index (χ3v) is 6.18. The first-order valence-electron chi connectivity index (χ1n) is 10.2. The van der Waals surface area contributed by atoms with Crippen molar-refractivity contribution in [1.29, 1.82) is 0 Å². The standard InChI is InChI=1S/C24H29N3O2S.HI/c1-4-25-24(27-17-20-10-12-23(18(2)15-20)30(3,28)29)26-14-13-19-9-11-21-7-5-6-8-22(21)16-19;/h5-12,15-16H,4,13-14,17H2,1-3H3,(H2,25,26,27);1H. The number of hydrogen-bond donors (Lipinski definition) is 2. The second-order valence-corrected chi connectivity index (χ2v) is 9.41. The summed E-state index contributed by atoms with van der Waals surface area (Å²) in [6, 6.07) is 20.3. The van der Waals surface area contributed by atoms with Crippen LogP contribution in [0.15, 0.2) is 70.6 Å². The van der Waals surface area contributed by atoms with Gasteiger partial charge >= 0.3 is 0 Å². The number of aryl methyl sites for hydroxylation is 1. The molecule has 0 aliphatic rings. The van der Waals surface area contributed by atoms with Crippen LogP contribution in [0.4, 0.5) is 0 Å². The van der Waals surface area contributed by atoms with Crippen LogP contribution in [0, 0.1) is 6.92 Å². The molecule has 0 aliphatic heterocycles. The van der Waals surface area contributed by atoms with Gasteiger partial charge < -0.3 is 10.6 Å². The Bertz CT molecular complexity index is 1160. The average Bonchev–Trinajstić information content (AvgIpc) is 2.71. The van der Waals surface area contributed by atoms with Crippen molar-refractivity contribution >= 4 is 50.5 Å². The predicted octanol–water partition coefficient (Wildman–Crippen LogP) is 4.47. The van der Waals surface area contributed by atoms with E-state index in [9.17, 15) is 8.42 Å². The molecule has 0 heterocycles. The lowest BCUT2D eigenvalue weighted by atomic mass is 10.1. The van der Waals surface area contributed by atoms with E-state index in [4.69, 9.17) is 0 Å². The number of halogens is 1. The number of benzene rings is 3. The molecule has 0 aromatic heterocycles. The molecule has 0 unspecified atom stereocenters. The molecule has 3 rings (SSSR count). The molecule has 0 fully saturated rings. The van der Waals surface area contributed by atoms with Crippen molar-refractivity contribution in [3.63, 3.8) is 0 Å². The van der Waals surface area contributed by atoms with Gasteiger partial charge in [-0.05, 0) is 53.8 Å². The summed E-state index contributed by atoms with van der Waals surface area (Å²) in [5.41, 5.74) is 3.01. The van der Waals surface area contributed by atoms with Gasteiger partial charge in [0.25, 0.3) is 0 Å². The predicted molar refractivity (Wildman–Crippen MR) is 140 cm³/mol. The Kier molecular flexibility index (Phi) is 9.31. The molecule has 31 heavy (non-hydrogen) atoms. The minimum atomic E-state index is -3.20. The molecule has 3 aromatic carbocycles. The van der Waals surface area contributed by atoms with Gasteiger partial charge in [0.15, 0.2) is 15.8 Å². The fourth-order valence-electron chi connectivity index (χ4n) is 3.46. The molecular weight excluding hydrogens is 521 g/mol. The van der Waals surface area contributed by atoms with Crippen LogP contribution < -0.4 is 10.6 Å². The van der Waals surface area contributed by atoms with E-state index in [1.165, 1.54) is 22.6 Å². The summed E-state index contributed by atoms with van der Waals surface area (Å²) in [6.07, 6.45) is 2.13. The highest BCUT2D eigenvalue weighted by molar-refractivity contribution is 14.0. The summed E-state index contributed by atoms with van der Waals surface area (Å²) in [5, 5.41) is 9.15. The largest absolute Gasteiger partial charge is 0.357 e. The van der Waals surface area contributed by atoms with Gasteiger partial charge in [-0.3, -0.25) is 0 Å². The van der Waals surface area contributed by atoms with Gasteiger partial charge in [0.1, 0.15) is 0 Å². The average molecular weight is 551 g/mol. The Balaban J connectivity index is 0.00000341. The lowest BCUT2D eigenvalue weighted by Crippen LogP contribution is -2.38. The summed E-state index contributed by atoms with van der Waals surface area (Å²) in [7, 11) is -3.20. The Hall–Kier alpha value is -2.13. The van der Waals surface area contributed by atoms with Gasteiger partial charge in [0, 0.05) is 19.3 Å². The molecule has 0 amide bonds. The maximum Gasteiger partial charge on any atom is 0.191 e. The zero-order valence-corrected chi connectivity index (χ0v) is 21.3. The lowest BCUT2D eigenvalue weighted by molar-refractivity contribution is 0.601. The highest BCUT2D eigenvalue weighted by Gasteiger charge is 2.10. The molecule has 0 atom stereocenters. The number of nitrogens with zero attached hydrogens (tertiary/aromatic N) is 1. The summed E-state index contributed by atoms with van der Waals surface area (Å²) in [6.45, 7) is 5.88. The molecule has 166 valence electrons. The molecule has 2 N–H and O–H groups in total. The fourth-order valence-corrected chi connectivity index (χ4v) is 4.42. The molecule has 0 saturated heterocycles. The smallest absolute Gasteiger partial charge is 0.191 e. The topological polar surface area (TPSA) is 70.6 Å². The van der Waals surface area contributed by atoms with Crippen molar-refractivity contribution in [2.24, 2.45) is 4.99 Å². The molecule has 0 bridgehead atoms. The molecular formula is C24H30IN3O2S. The van der Waals surface area contributed by atoms with E-state index < -0.39 is 9.84 Å². The molecule has 0 saturated carbocycles. The Morgan fingerprint density at radius 1 is 0.935 bits per heavy atom. The zero-order chi connectivity index (χ0) is 21.6. The van der Waals surface area contributed by atoms with Crippen LogP contribution in [0.25, 0.3) is 10.8 Å². The third kappa shape index (κ3) is 7.21. The van der Waals surface area contributed by atoms with Gasteiger partial charge in [-0.2, -0.15) is 0 Å². The SMILES string of the molecule is CCNC(=NCc1ccc(S(C)(=O)=O)c(C)c1)NCCc1ccc2ccccc2c1.I. The minimum absolute atomic E-state index is 0. The monoisotopic (exact) mass is 551 g/mol. The van der Waals surface area contributed by atoms with Crippen molar-refractivity contribution in [1.82, 2.24) is 10.6 Å². The van der Waals surface area contributed by atoms with Crippen LogP contribution in [-0.2, 0) is 22.8 Å². The van der Waals surface area contributed by atoms with Crippen LogP contribution in [-0.4, -0.2) is 33.7 Å². The van der Waals surface area contributed by atoms with Crippen LogP contribution in [0.5, 0.6) is 0 Å². The molecule has 0 radical (unpaired) electrons. The van der Waals surface area contributed by atoms with Crippen LogP contribution in [0.2, 0.25) is 0 Å². The second-order valence-electron chi connectivity index (χ2n) is 7.43. The maximum atomic E-state index is 11.8. The number of rotatable bonds is 7. The normalized spacial score (nSPS) is 11.8. The van der Waals surface area contributed by atoms with E-state index in [2.05, 4.69) is 58.1 Å². The van der Waals surface area contributed by atoms with Crippen LogP contribution in [0.1, 0.15) is 23.6 Å². The first-order chi connectivity index (χ1) is 14.4. The van der Waals surface area contributed by atoms with Gasteiger partial charge in [-0.15, -0.1) is 24.0 Å². The molecule has 0 spiro atoms. The minimum Gasteiger partial charge on any atom is -0.357 e. The summed E-state index contributed by atoms with van der Waals surface area (Å²) < 4.78 is 23.6. The Morgan fingerprint density at radius 2 is 1.65 bits per heavy atom. The van der Waals surface area contributed by atoms with E-state index in [0.29, 0.717) is 11.4 Å². The van der Waals surface area contributed by atoms with Gasteiger partial charge in [-0.1, -0.05) is 54.6 Å². The number of nitrogens with one attached hydrogen (secondary N) is 2. The quantitative estimate of drug-likeness (QED) is 0.259. The van der Waals surface area contributed by atoms with E-state index in [1.807, 2.05) is 26.0 Å². The van der Waals surface area contributed by atoms with Crippen molar-refractivity contribution < 1.29 is 8.42 Å². The third-order valence-electron chi connectivity index (χ3n) is 4.92. The van der Waals surface area contributed by atoms with Crippen molar-refractivity contribution in [3.8, 4) is 0 Å². The fraction of sp³-hybridized carbons (Fsp3) is 0.292. The number of hydrogen-bond acceptors (Lipinski definition) is 3. The van der Waals surface area contributed by atoms with Crippen LogP contribution >= 0.6 is 24.0 Å². The first-order valence-corrected chi connectivity index (χ1v) is 12.1. The second kappa shape index (κ2) is 11.5. The Morgan fingerprint density at radius 3 is 2.32 bits per heavy atom. The van der Waals surface area contributed by atoms with Gasteiger partial charge in [0.05, 0.1) is 11.4 Å². The number of sulfone groups is 1. The number of aliphatic imine (C=N–C) groups is 1. The highest BCUT2D eigenvalue weighted by Crippen LogP contribution is 2.17. The summed E-state index contributed by atoms with van der Waals surface area (Å²) >= 11 is 0. The van der Waals surface area contributed by atoms with E-state index in [0.717, 1.165) is 36.6 Å². The summed E-state index contributed by atoms with van der Waals surface area (Å²) in [5.74, 6) is 0.753.